The standard InChI is InChI=1S/C16H21N5O2S/c1-2-21-11-14(19-12-21)10-18-13-5-3-6-15(9-13)24(22,23)20-16-7-4-8-17-16/h3,5-6,9,11-12,18H,2,4,7-8,10H2,1H3,(H,17,20). The molecular weight excluding hydrogens is 326 g/mol. The molecule has 2 heterocycles. The minimum atomic E-state index is -3.59. The van der Waals surface area contributed by atoms with E-state index in [-0.39, 0.29) is 4.90 Å². The molecular formula is C16H21N5O2S. The number of nitrogens with one attached hydrogen (secondary N) is 2. The minimum Gasteiger partial charge on any atom is -0.379 e. The van der Waals surface area contributed by atoms with Crippen molar-refractivity contribution in [3.63, 3.8) is 0 Å². The van der Waals surface area contributed by atoms with Crippen LogP contribution in [0.2, 0.25) is 0 Å². The zero-order valence-electron chi connectivity index (χ0n) is 13.6. The SMILES string of the molecule is CCn1cnc(CNc2cccc(S(=O)(=O)NC3=NCCC3)c2)c1. The van der Waals surface area contributed by atoms with Crippen LogP contribution in [0, 0.1) is 0 Å². The van der Waals surface area contributed by atoms with Gasteiger partial charge in [-0.1, -0.05) is 6.07 Å². The van der Waals surface area contributed by atoms with Crippen LogP contribution in [0.5, 0.6) is 0 Å². The lowest BCUT2D eigenvalue weighted by Crippen LogP contribution is -2.29. The average Bonchev–Trinajstić information content (AvgIpc) is 3.24. The molecule has 0 spiro atoms. The maximum atomic E-state index is 12.4. The Bertz CT molecular complexity index is 842. The van der Waals surface area contributed by atoms with Crippen LogP contribution >= 0.6 is 0 Å². The topological polar surface area (TPSA) is 88.4 Å². The van der Waals surface area contributed by atoms with Gasteiger partial charge >= 0.3 is 0 Å². The van der Waals surface area contributed by atoms with Gasteiger partial charge in [-0.3, -0.25) is 9.71 Å². The Morgan fingerprint density at radius 2 is 2.21 bits per heavy atom. The van der Waals surface area contributed by atoms with Crippen molar-refractivity contribution < 1.29 is 8.42 Å². The minimum absolute atomic E-state index is 0.223. The van der Waals surface area contributed by atoms with Crippen LogP contribution in [0.25, 0.3) is 0 Å². The summed E-state index contributed by atoms with van der Waals surface area (Å²) in [4.78, 5) is 8.67. The number of nitrogens with zero attached hydrogens (tertiary/aromatic N) is 3. The molecule has 2 aromatic rings. The largest absolute Gasteiger partial charge is 0.379 e. The van der Waals surface area contributed by atoms with E-state index >= 15 is 0 Å². The van der Waals surface area contributed by atoms with Crippen LogP contribution in [-0.2, 0) is 23.1 Å². The fourth-order valence-electron chi connectivity index (χ4n) is 2.47. The zero-order chi connectivity index (χ0) is 17.0. The van der Waals surface area contributed by atoms with Crippen molar-refractivity contribution in [2.45, 2.75) is 37.8 Å². The molecule has 1 aromatic carbocycles. The summed E-state index contributed by atoms with van der Waals surface area (Å²) in [5, 5.41) is 3.21. The monoisotopic (exact) mass is 347 g/mol. The lowest BCUT2D eigenvalue weighted by molar-refractivity contribution is 0.592. The van der Waals surface area contributed by atoms with E-state index in [0.717, 1.165) is 24.3 Å². The molecule has 24 heavy (non-hydrogen) atoms. The number of aryl methyl sites for hydroxylation is 1. The van der Waals surface area contributed by atoms with Crippen LogP contribution < -0.4 is 10.0 Å². The maximum Gasteiger partial charge on any atom is 0.262 e. The molecule has 0 atom stereocenters. The van der Waals surface area contributed by atoms with Crippen LogP contribution in [-0.4, -0.2) is 30.3 Å². The van der Waals surface area contributed by atoms with Crippen LogP contribution in [0.4, 0.5) is 5.69 Å². The predicted octanol–water partition coefficient (Wildman–Crippen LogP) is 1.99. The van der Waals surface area contributed by atoms with Crippen molar-refractivity contribution in [1.29, 1.82) is 0 Å². The molecule has 0 bridgehead atoms. The molecule has 8 heteroatoms. The molecule has 7 nitrogen and oxygen atoms in total. The molecule has 0 saturated heterocycles. The molecule has 0 aliphatic carbocycles. The van der Waals surface area contributed by atoms with E-state index in [9.17, 15) is 8.42 Å². The van der Waals surface area contributed by atoms with Crippen molar-refractivity contribution in [2.75, 3.05) is 11.9 Å². The second kappa shape index (κ2) is 7.04. The Balaban J connectivity index is 1.69. The molecule has 3 rings (SSSR count). The average molecular weight is 347 g/mol. The highest BCUT2D eigenvalue weighted by molar-refractivity contribution is 7.90. The Morgan fingerprint density at radius 1 is 1.33 bits per heavy atom. The third-order valence-electron chi connectivity index (χ3n) is 3.80. The van der Waals surface area contributed by atoms with E-state index in [2.05, 4.69) is 26.9 Å². The number of sulfonamides is 1. The Labute approximate surface area is 141 Å². The summed E-state index contributed by atoms with van der Waals surface area (Å²) in [6.45, 7) is 4.14. The highest BCUT2D eigenvalue weighted by Crippen LogP contribution is 2.17. The van der Waals surface area contributed by atoms with Crippen LogP contribution in [0.1, 0.15) is 25.5 Å². The molecule has 0 radical (unpaired) electrons. The number of aliphatic imine (C=N–C) groups is 1. The first-order chi connectivity index (χ1) is 11.6. The summed E-state index contributed by atoms with van der Waals surface area (Å²) in [6.07, 6.45) is 5.32. The third-order valence-corrected chi connectivity index (χ3v) is 5.18. The van der Waals surface area contributed by atoms with E-state index in [0.29, 0.717) is 25.3 Å². The van der Waals surface area contributed by atoms with Crippen molar-refractivity contribution in [3.05, 3.63) is 42.5 Å². The summed E-state index contributed by atoms with van der Waals surface area (Å²) < 4.78 is 29.4. The zero-order valence-corrected chi connectivity index (χ0v) is 14.4. The summed E-state index contributed by atoms with van der Waals surface area (Å²) >= 11 is 0. The second-order valence-corrected chi connectivity index (χ2v) is 7.30. The van der Waals surface area contributed by atoms with E-state index in [1.54, 1.807) is 24.5 Å². The Morgan fingerprint density at radius 3 is 2.92 bits per heavy atom. The van der Waals surface area contributed by atoms with Gasteiger partial charge in [-0.05, 0) is 31.5 Å². The lowest BCUT2D eigenvalue weighted by Gasteiger charge is -2.10. The fraction of sp³-hybridized carbons (Fsp3) is 0.375. The number of benzene rings is 1. The number of hydrogen-bond donors (Lipinski definition) is 2. The predicted molar refractivity (Wildman–Crippen MR) is 93.5 cm³/mol. The Kier molecular flexibility index (Phi) is 4.84. The first kappa shape index (κ1) is 16.5. The molecule has 1 aliphatic heterocycles. The maximum absolute atomic E-state index is 12.4. The quantitative estimate of drug-likeness (QED) is 0.836. The molecule has 0 fully saturated rings. The van der Waals surface area contributed by atoms with E-state index < -0.39 is 10.0 Å². The van der Waals surface area contributed by atoms with Crippen LogP contribution in [0.15, 0.2) is 46.7 Å². The molecule has 0 unspecified atom stereocenters. The van der Waals surface area contributed by atoms with Crippen molar-refractivity contribution in [1.82, 2.24) is 14.3 Å². The van der Waals surface area contributed by atoms with Gasteiger partial charge in [-0.15, -0.1) is 0 Å². The summed E-state index contributed by atoms with van der Waals surface area (Å²) in [6, 6.07) is 6.75. The molecule has 1 aromatic heterocycles. The second-order valence-electron chi connectivity index (χ2n) is 5.61. The van der Waals surface area contributed by atoms with Gasteiger partial charge in [0.05, 0.1) is 23.5 Å². The van der Waals surface area contributed by atoms with Crippen molar-refractivity contribution in [3.8, 4) is 0 Å². The first-order valence-corrected chi connectivity index (χ1v) is 9.46. The molecule has 1 aliphatic rings. The fourth-order valence-corrected chi connectivity index (χ4v) is 3.61. The van der Waals surface area contributed by atoms with Crippen molar-refractivity contribution >= 4 is 21.5 Å². The van der Waals surface area contributed by atoms with Gasteiger partial charge in [0.1, 0.15) is 5.84 Å². The number of amidine groups is 1. The van der Waals surface area contributed by atoms with Gasteiger partial charge in [-0.2, -0.15) is 0 Å². The van der Waals surface area contributed by atoms with Gasteiger partial charge in [0.15, 0.2) is 0 Å². The Hall–Kier alpha value is -2.35. The summed E-state index contributed by atoms with van der Waals surface area (Å²) in [5.41, 5.74) is 1.64. The van der Waals surface area contributed by atoms with Crippen molar-refractivity contribution in [2.24, 2.45) is 4.99 Å². The number of hydrogen-bond acceptors (Lipinski definition) is 5. The molecule has 0 amide bonds. The highest BCUT2D eigenvalue weighted by Gasteiger charge is 2.18. The van der Waals surface area contributed by atoms with E-state index in [4.69, 9.17) is 0 Å². The van der Waals surface area contributed by atoms with E-state index in [1.807, 2.05) is 16.8 Å². The number of anilines is 1. The third kappa shape index (κ3) is 3.94. The van der Waals surface area contributed by atoms with Crippen LogP contribution in [0.3, 0.4) is 0 Å². The van der Waals surface area contributed by atoms with E-state index in [1.165, 1.54) is 0 Å². The van der Waals surface area contributed by atoms with Gasteiger partial charge in [0, 0.05) is 31.4 Å². The molecule has 128 valence electrons. The van der Waals surface area contributed by atoms with Gasteiger partial charge < -0.3 is 9.88 Å². The van der Waals surface area contributed by atoms with Gasteiger partial charge in [-0.25, -0.2) is 13.4 Å². The summed E-state index contributed by atoms with van der Waals surface area (Å²) in [5.74, 6) is 0.540. The molecule has 2 N–H and O–H groups in total. The first-order valence-electron chi connectivity index (χ1n) is 7.97. The number of aromatic nitrogens is 2. The number of imidazole rings is 1. The van der Waals surface area contributed by atoms with Gasteiger partial charge in [0.25, 0.3) is 10.0 Å². The smallest absolute Gasteiger partial charge is 0.262 e. The lowest BCUT2D eigenvalue weighted by atomic mass is 10.3. The normalized spacial score (nSPS) is 14.5. The molecule has 0 saturated carbocycles. The van der Waals surface area contributed by atoms with Gasteiger partial charge in [0.2, 0.25) is 0 Å². The number of rotatable bonds is 6. The highest BCUT2D eigenvalue weighted by atomic mass is 32.2. The summed E-state index contributed by atoms with van der Waals surface area (Å²) in [7, 11) is -3.59.